The molecule has 0 radical (unpaired) electrons. The number of hydrogen-bond acceptors (Lipinski definition) is 8. The predicted molar refractivity (Wildman–Crippen MR) is 143 cm³/mol. The Kier molecular flexibility index (Phi) is 7.83. The van der Waals surface area contributed by atoms with Crippen molar-refractivity contribution in [2.45, 2.75) is 38.3 Å². The Hall–Kier alpha value is -4.45. The summed E-state index contributed by atoms with van der Waals surface area (Å²) in [6.07, 6.45) is 0.0968. The largest absolute Gasteiger partial charge is 0.496 e. The predicted octanol–water partition coefficient (Wildman–Crippen LogP) is 1.94. The fraction of sp³-hybridized carbons (Fsp3) is 0.393. The van der Waals surface area contributed by atoms with Crippen LogP contribution < -0.4 is 30.7 Å². The summed E-state index contributed by atoms with van der Waals surface area (Å²) in [4.78, 5) is 64.9. The number of anilines is 1. The van der Waals surface area contributed by atoms with Crippen LogP contribution in [0.25, 0.3) is 0 Å². The van der Waals surface area contributed by atoms with Gasteiger partial charge in [-0.25, -0.2) is 9.69 Å². The zero-order valence-corrected chi connectivity index (χ0v) is 22.6. The second-order valence-electron chi connectivity index (χ2n) is 9.93. The molecule has 5 N–H and O–H groups in total. The summed E-state index contributed by atoms with van der Waals surface area (Å²) in [5, 5.41) is 16.1. The van der Waals surface area contributed by atoms with Gasteiger partial charge in [0.25, 0.3) is 0 Å². The number of amides is 4. The summed E-state index contributed by atoms with van der Waals surface area (Å²) in [6, 6.07) is 7.73. The van der Waals surface area contributed by atoms with E-state index in [1.54, 1.807) is 19.1 Å². The van der Waals surface area contributed by atoms with Crippen molar-refractivity contribution in [3.63, 3.8) is 0 Å². The number of aliphatic carboxylic acids is 1. The molecular formula is C28H32N4O8. The summed E-state index contributed by atoms with van der Waals surface area (Å²) >= 11 is 0. The zero-order chi connectivity index (χ0) is 29.4. The topological polar surface area (TPSA) is 177 Å². The lowest BCUT2D eigenvalue weighted by Gasteiger charge is -2.31. The molecule has 40 heavy (non-hydrogen) atoms. The molecule has 2 aromatic rings. The fourth-order valence-corrected chi connectivity index (χ4v) is 5.91. The van der Waals surface area contributed by atoms with E-state index in [0.29, 0.717) is 28.2 Å². The number of ketones is 1. The van der Waals surface area contributed by atoms with Crippen molar-refractivity contribution in [3.8, 4) is 11.5 Å². The molecule has 4 amide bonds. The van der Waals surface area contributed by atoms with Gasteiger partial charge in [0.05, 0.1) is 31.7 Å². The van der Waals surface area contributed by atoms with Crippen LogP contribution in [-0.4, -0.2) is 61.0 Å². The third-order valence-electron chi connectivity index (χ3n) is 7.76. The molecule has 2 aliphatic heterocycles. The van der Waals surface area contributed by atoms with E-state index in [0.717, 1.165) is 4.90 Å². The molecule has 2 aliphatic rings. The summed E-state index contributed by atoms with van der Waals surface area (Å²) in [5.41, 5.74) is 5.11. The molecule has 2 aromatic carbocycles. The van der Waals surface area contributed by atoms with Crippen LogP contribution in [0.1, 0.15) is 47.3 Å². The van der Waals surface area contributed by atoms with Crippen LogP contribution in [0.5, 0.6) is 11.5 Å². The Morgan fingerprint density at radius 2 is 1.75 bits per heavy atom. The maximum absolute atomic E-state index is 14.0. The summed E-state index contributed by atoms with van der Waals surface area (Å²) < 4.78 is 11.1. The second kappa shape index (κ2) is 11.0. The first-order valence-corrected chi connectivity index (χ1v) is 12.7. The highest BCUT2D eigenvalue weighted by atomic mass is 16.5. The molecule has 0 bridgehead atoms. The number of benzene rings is 2. The number of nitrogens with zero attached hydrogens (tertiary/aromatic N) is 1. The standard InChI is InChI=1S/C28H32N4O8/c1-14-19(39-3)11-10-18(23(14)40-4)22-20-21(28(31-22,26(36)37)12-5-13-30-27(29)38)25(35)32(24(20)34)17-8-6-16(7-9-17)15(2)33/h6-11,20-22,31H,5,12-13H2,1-4H3,(H,36,37)(H3,29,30,38). The Balaban J connectivity index is 1.84. The molecule has 4 atom stereocenters. The molecule has 4 rings (SSSR count). The van der Waals surface area contributed by atoms with E-state index in [1.165, 1.54) is 45.4 Å². The maximum Gasteiger partial charge on any atom is 0.324 e. The van der Waals surface area contributed by atoms with Crippen LogP contribution in [-0.2, 0) is 14.4 Å². The van der Waals surface area contributed by atoms with Gasteiger partial charge in [-0.15, -0.1) is 0 Å². The van der Waals surface area contributed by atoms with E-state index in [4.69, 9.17) is 15.2 Å². The number of fused-ring (bicyclic) bond motifs is 1. The van der Waals surface area contributed by atoms with Crippen LogP contribution in [0.4, 0.5) is 10.5 Å². The Morgan fingerprint density at radius 3 is 2.30 bits per heavy atom. The molecule has 2 heterocycles. The number of Topliss-reactive ketones (excluding diaryl/α,β-unsaturated/α-hetero) is 1. The number of nitrogens with one attached hydrogen (secondary N) is 2. The molecular weight excluding hydrogens is 520 g/mol. The first kappa shape index (κ1) is 28.6. The summed E-state index contributed by atoms with van der Waals surface area (Å²) in [7, 11) is 2.97. The van der Waals surface area contributed by atoms with Crippen molar-refractivity contribution in [2.75, 3.05) is 25.7 Å². The van der Waals surface area contributed by atoms with Gasteiger partial charge < -0.3 is 25.6 Å². The number of hydrogen-bond donors (Lipinski definition) is 4. The molecule has 212 valence electrons. The lowest BCUT2D eigenvalue weighted by Crippen LogP contribution is -2.56. The molecule has 2 saturated heterocycles. The minimum atomic E-state index is -1.84. The van der Waals surface area contributed by atoms with Crippen LogP contribution in [0.15, 0.2) is 36.4 Å². The first-order valence-electron chi connectivity index (χ1n) is 12.7. The average Bonchev–Trinajstić information content (AvgIpc) is 3.40. The number of carboxylic acid groups (broad SMARTS) is 1. The minimum absolute atomic E-state index is 0.0755. The lowest BCUT2D eigenvalue weighted by atomic mass is 9.76. The van der Waals surface area contributed by atoms with Crippen LogP contribution in [0, 0.1) is 18.8 Å². The molecule has 0 saturated carbocycles. The third kappa shape index (κ3) is 4.64. The normalized spacial score (nSPS) is 23.6. The molecule has 4 unspecified atom stereocenters. The quantitative estimate of drug-likeness (QED) is 0.195. The molecule has 0 spiro atoms. The average molecular weight is 553 g/mol. The highest BCUT2D eigenvalue weighted by Gasteiger charge is 2.68. The summed E-state index contributed by atoms with van der Waals surface area (Å²) in [5.74, 6) is -4.13. The van der Waals surface area contributed by atoms with Crippen molar-refractivity contribution in [2.24, 2.45) is 17.6 Å². The van der Waals surface area contributed by atoms with Gasteiger partial charge in [0.1, 0.15) is 17.0 Å². The van der Waals surface area contributed by atoms with E-state index in [1.807, 2.05) is 0 Å². The van der Waals surface area contributed by atoms with Crippen molar-refractivity contribution < 1.29 is 38.6 Å². The first-order chi connectivity index (χ1) is 19.0. The summed E-state index contributed by atoms with van der Waals surface area (Å²) in [6.45, 7) is 3.26. The number of carbonyl (C=O) groups is 5. The molecule has 0 aromatic heterocycles. The van der Waals surface area contributed by atoms with E-state index < -0.39 is 47.2 Å². The number of ether oxygens (including phenoxy) is 2. The number of carboxylic acids is 1. The van der Waals surface area contributed by atoms with Crippen molar-refractivity contribution >= 4 is 35.3 Å². The van der Waals surface area contributed by atoms with E-state index in [9.17, 15) is 29.1 Å². The van der Waals surface area contributed by atoms with E-state index >= 15 is 0 Å². The van der Waals surface area contributed by atoms with Gasteiger partial charge in [0.15, 0.2) is 5.78 Å². The monoisotopic (exact) mass is 552 g/mol. The van der Waals surface area contributed by atoms with Gasteiger partial charge in [-0.3, -0.25) is 24.5 Å². The number of primary amides is 1. The number of methoxy groups -OCH3 is 2. The smallest absolute Gasteiger partial charge is 0.324 e. The van der Waals surface area contributed by atoms with E-state index in [2.05, 4.69) is 10.6 Å². The maximum atomic E-state index is 14.0. The number of rotatable bonds is 10. The number of urea groups is 1. The number of nitrogens with two attached hydrogens (primary N) is 1. The van der Waals surface area contributed by atoms with Gasteiger partial charge >= 0.3 is 12.0 Å². The second-order valence-corrected chi connectivity index (χ2v) is 9.93. The van der Waals surface area contributed by atoms with Crippen LogP contribution in [0.2, 0.25) is 0 Å². The number of imide groups is 1. The fourth-order valence-electron chi connectivity index (χ4n) is 5.91. The van der Waals surface area contributed by atoms with Gasteiger partial charge in [-0.2, -0.15) is 0 Å². The van der Waals surface area contributed by atoms with E-state index in [-0.39, 0.29) is 30.9 Å². The molecule has 12 heteroatoms. The van der Waals surface area contributed by atoms with Crippen molar-refractivity contribution in [3.05, 3.63) is 53.1 Å². The zero-order valence-electron chi connectivity index (χ0n) is 22.6. The SMILES string of the molecule is COc1ccc(C2NC(CCCNC(N)=O)(C(=O)O)C3C(=O)N(c4ccc(C(C)=O)cc4)C(=O)C23)c(OC)c1C. The van der Waals surface area contributed by atoms with Crippen LogP contribution >= 0.6 is 0 Å². The number of carbonyl (C=O) groups excluding carboxylic acids is 4. The Labute approximate surface area is 230 Å². The Bertz CT molecular complexity index is 1380. The minimum Gasteiger partial charge on any atom is -0.496 e. The third-order valence-corrected chi connectivity index (χ3v) is 7.76. The molecule has 12 nitrogen and oxygen atoms in total. The lowest BCUT2D eigenvalue weighted by molar-refractivity contribution is -0.149. The van der Waals surface area contributed by atoms with Gasteiger partial charge in [-0.1, -0.05) is 6.07 Å². The molecule has 2 fully saturated rings. The van der Waals surface area contributed by atoms with Gasteiger partial charge in [-0.05, 0) is 57.0 Å². The van der Waals surface area contributed by atoms with Crippen molar-refractivity contribution in [1.29, 1.82) is 0 Å². The van der Waals surface area contributed by atoms with Crippen molar-refractivity contribution in [1.82, 2.24) is 10.6 Å². The highest BCUT2D eigenvalue weighted by Crippen LogP contribution is 2.53. The highest BCUT2D eigenvalue weighted by molar-refractivity contribution is 6.24. The molecule has 0 aliphatic carbocycles. The van der Waals surface area contributed by atoms with Crippen LogP contribution in [0.3, 0.4) is 0 Å². The van der Waals surface area contributed by atoms with Gasteiger partial charge in [0, 0.05) is 29.3 Å². The van der Waals surface area contributed by atoms with Gasteiger partial charge in [0.2, 0.25) is 11.8 Å². The Morgan fingerprint density at radius 1 is 1.07 bits per heavy atom.